The number of carbonyl (C=O) groups excluding carboxylic acids is 1. The first-order chi connectivity index (χ1) is 8.69. The summed E-state index contributed by atoms with van der Waals surface area (Å²) in [6, 6.07) is 0.334. The molecule has 18 heavy (non-hydrogen) atoms. The maximum Gasteiger partial charge on any atom is 0.242 e. The van der Waals surface area contributed by atoms with E-state index in [4.69, 9.17) is 0 Å². The van der Waals surface area contributed by atoms with Gasteiger partial charge in [0, 0.05) is 12.5 Å². The summed E-state index contributed by atoms with van der Waals surface area (Å²) in [6.07, 6.45) is 7.25. The summed E-state index contributed by atoms with van der Waals surface area (Å²) in [7, 11) is 0. The fourth-order valence-corrected chi connectivity index (χ4v) is 2.50. The Morgan fingerprint density at radius 2 is 2.28 bits per heavy atom. The molecule has 1 saturated carbocycles. The molecule has 0 aliphatic heterocycles. The smallest absolute Gasteiger partial charge is 0.242 e. The lowest BCUT2D eigenvalue weighted by Crippen LogP contribution is -2.42. The Bertz CT molecular complexity index is 401. The van der Waals surface area contributed by atoms with Crippen LogP contribution in [0.15, 0.2) is 6.33 Å². The molecule has 1 aromatic heterocycles. The van der Waals surface area contributed by atoms with Crippen LogP contribution in [0.1, 0.15) is 45.4 Å². The molecular formula is C13H22N4O. The van der Waals surface area contributed by atoms with E-state index in [-0.39, 0.29) is 12.5 Å². The van der Waals surface area contributed by atoms with E-state index in [0.29, 0.717) is 12.0 Å². The molecular weight excluding hydrogens is 228 g/mol. The number of aryl methyl sites for hydroxylation is 1. The van der Waals surface area contributed by atoms with Gasteiger partial charge in [-0.05, 0) is 18.8 Å². The Hall–Kier alpha value is -1.39. The molecule has 0 saturated heterocycles. The van der Waals surface area contributed by atoms with Crippen molar-refractivity contribution in [3.8, 4) is 0 Å². The number of nitrogens with one attached hydrogen (secondary N) is 1. The Balaban J connectivity index is 1.84. The van der Waals surface area contributed by atoms with Gasteiger partial charge in [0.05, 0.1) is 0 Å². The topological polar surface area (TPSA) is 59.8 Å². The van der Waals surface area contributed by atoms with Crippen LogP contribution in [0.3, 0.4) is 0 Å². The monoisotopic (exact) mass is 250 g/mol. The zero-order valence-corrected chi connectivity index (χ0v) is 11.2. The first kappa shape index (κ1) is 13.1. The quantitative estimate of drug-likeness (QED) is 0.881. The summed E-state index contributed by atoms with van der Waals surface area (Å²) in [5, 5.41) is 7.34. The molecule has 5 nitrogen and oxygen atoms in total. The van der Waals surface area contributed by atoms with Gasteiger partial charge in [0.25, 0.3) is 0 Å². The van der Waals surface area contributed by atoms with Crippen molar-refractivity contribution in [3.63, 3.8) is 0 Å². The normalized spacial score (nSPS) is 23.9. The van der Waals surface area contributed by atoms with Crippen LogP contribution in [0, 0.1) is 5.92 Å². The Morgan fingerprint density at radius 3 is 2.94 bits per heavy atom. The molecule has 1 heterocycles. The van der Waals surface area contributed by atoms with E-state index in [2.05, 4.69) is 22.3 Å². The third kappa shape index (κ3) is 3.31. The van der Waals surface area contributed by atoms with Crippen molar-refractivity contribution < 1.29 is 4.79 Å². The number of aromatic nitrogens is 3. The van der Waals surface area contributed by atoms with E-state index in [1.165, 1.54) is 19.3 Å². The Kier molecular flexibility index (Phi) is 4.33. The minimum absolute atomic E-state index is 0.0429. The van der Waals surface area contributed by atoms with Crippen molar-refractivity contribution in [1.82, 2.24) is 20.1 Å². The van der Waals surface area contributed by atoms with Crippen LogP contribution in [0.25, 0.3) is 0 Å². The van der Waals surface area contributed by atoms with Crippen LogP contribution in [-0.4, -0.2) is 26.7 Å². The molecule has 1 N–H and O–H groups in total. The molecule has 0 bridgehead atoms. The van der Waals surface area contributed by atoms with Crippen LogP contribution in [0.4, 0.5) is 0 Å². The number of nitrogens with zero attached hydrogens (tertiary/aromatic N) is 3. The van der Waals surface area contributed by atoms with Crippen molar-refractivity contribution in [3.05, 3.63) is 12.2 Å². The minimum Gasteiger partial charge on any atom is -0.351 e. The first-order valence-corrected chi connectivity index (χ1v) is 6.86. The second kappa shape index (κ2) is 5.98. The van der Waals surface area contributed by atoms with Gasteiger partial charge >= 0.3 is 0 Å². The second-order valence-electron chi connectivity index (χ2n) is 5.15. The fourth-order valence-electron chi connectivity index (χ4n) is 2.50. The van der Waals surface area contributed by atoms with Gasteiger partial charge in [-0.3, -0.25) is 4.79 Å². The van der Waals surface area contributed by atoms with E-state index < -0.39 is 0 Å². The van der Waals surface area contributed by atoms with Crippen molar-refractivity contribution >= 4 is 5.91 Å². The van der Waals surface area contributed by atoms with Crippen molar-refractivity contribution in [2.24, 2.45) is 5.92 Å². The molecule has 0 spiro atoms. The van der Waals surface area contributed by atoms with E-state index in [1.807, 2.05) is 6.92 Å². The number of hydrogen-bond donors (Lipinski definition) is 1. The van der Waals surface area contributed by atoms with Crippen LogP contribution in [0.2, 0.25) is 0 Å². The third-order valence-corrected chi connectivity index (χ3v) is 3.66. The summed E-state index contributed by atoms with van der Waals surface area (Å²) < 4.78 is 1.61. The van der Waals surface area contributed by atoms with E-state index in [1.54, 1.807) is 11.0 Å². The van der Waals surface area contributed by atoms with E-state index >= 15 is 0 Å². The molecule has 0 aromatic carbocycles. The Labute approximate surface area is 108 Å². The number of rotatable bonds is 4. The Morgan fingerprint density at radius 1 is 1.50 bits per heavy atom. The summed E-state index contributed by atoms with van der Waals surface area (Å²) in [6.45, 7) is 4.49. The highest BCUT2D eigenvalue weighted by molar-refractivity contribution is 5.75. The van der Waals surface area contributed by atoms with Gasteiger partial charge in [-0.25, -0.2) is 9.67 Å². The number of carbonyl (C=O) groups is 1. The molecule has 0 unspecified atom stereocenters. The van der Waals surface area contributed by atoms with Crippen molar-refractivity contribution in [2.75, 3.05) is 0 Å². The average molecular weight is 250 g/mol. The van der Waals surface area contributed by atoms with Gasteiger partial charge in [-0.2, -0.15) is 5.10 Å². The minimum atomic E-state index is 0.0429. The maximum atomic E-state index is 11.9. The van der Waals surface area contributed by atoms with Crippen LogP contribution >= 0.6 is 0 Å². The average Bonchev–Trinajstić information content (AvgIpc) is 2.80. The molecule has 1 aliphatic rings. The van der Waals surface area contributed by atoms with Gasteiger partial charge < -0.3 is 5.32 Å². The highest BCUT2D eigenvalue weighted by Gasteiger charge is 2.22. The van der Waals surface area contributed by atoms with Crippen molar-refractivity contribution in [2.45, 2.75) is 58.5 Å². The zero-order chi connectivity index (χ0) is 13.0. The second-order valence-corrected chi connectivity index (χ2v) is 5.15. The summed E-state index contributed by atoms with van der Waals surface area (Å²) in [4.78, 5) is 16.0. The maximum absolute atomic E-state index is 11.9. The third-order valence-electron chi connectivity index (χ3n) is 3.66. The summed E-state index contributed by atoms with van der Waals surface area (Å²) in [5.41, 5.74) is 0. The molecule has 0 radical (unpaired) electrons. The van der Waals surface area contributed by atoms with Gasteiger partial charge in [-0.1, -0.05) is 26.7 Å². The lowest BCUT2D eigenvalue weighted by molar-refractivity contribution is -0.123. The SMILES string of the molecule is CCc1ncn(CC(=O)N[C@H]2CCCC[C@H]2C)n1. The van der Waals surface area contributed by atoms with Crippen LogP contribution in [-0.2, 0) is 17.8 Å². The highest BCUT2D eigenvalue weighted by Crippen LogP contribution is 2.23. The zero-order valence-electron chi connectivity index (χ0n) is 11.2. The largest absolute Gasteiger partial charge is 0.351 e. The molecule has 1 aromatic rings. The highest BCUT2D eigenvalue weighted by atomic mass is 16.2. The molecule has 2 rings (SSSR count). The van der Waals surface area contributed by atoms with Crippen LogP contribution < -0.4 is 5.32 Å². The predicted octanol–water partition coefficient (Wildman–Crippen LogP) is 1.54. The van der Waals surface area contributed by atoms with Gasteiger partial charge in [0.2, 0.25) is 5.91 Å². The molecule has 1 fully saturated rings. The fraction of sp³-hybridized carbons (Fsp3) is 0.769. The number of amides is 1. The van der Waals surface area contributed by atoms with E-state index in [9.17, 15) is 4.79 Å². The lowest BCUT2D eigenvalue weighted by atomic mass is 9.86. The molecule has 2 atom stereocenters. The standard InChI is InChI=1S/C13H22N4O/c1-3-12-14-9-17(16-12)8-13(18)15-11-7-5-4-6-10(11)2/h9-11H,3-8H2,1-2H3,(H,15,18)/t10-,11+/m1/s1. The lowest BCUT2D eigenvalue weighted by Gasteiger charge is -2.29. The van der Waals surface area contributed by atoms with Crippen molar-refractivity contribution in [1.29, 1.82) is 0 Å². The van der Waals surface area contributed by atoms with Gasteiger partial charge in [-0.15, -0.1) is 0 Å². The number of hydrogen-bond acceptors (Lipinski definition) is 3. The molecule has 1 aliphatic carbocycles. The van der Waals surface area contributed by atoms with E-state index in [0.717, 1.165) is 18.7 Å². The predicted molar refractivity (Wildman–Crippen MR) is 69.0 cm³/mol. The molecule has 1 amide bonds. The van der Waals surface area contributed by atoms with Gasteiger partial charge in [0.15, 0.2) is 0 Å². The molecule has 100 valence electrons. The summed E-state index contributed by atoms with van der Waals surface area (Å²) >= 11 is 0. The molecule has 5 heteroatoms. The van der Waals surface area contributed by atoms with Gasteiger partial charge in [0.1, 0.15) is 18.7 Å². The van der Waals surface area contributed by atoms with Crippen LogP contribution in [0.5, 0.6) is 0 Å². The summed E-state index contributed by atoms with van der Waals surface area (Å²) in [5.74, 6) is 1.42. The first-order valence-electron chi connectivity index (χ1n) is 6.86.